The maximum Gasteiger partial charge on any atom is 0.197 e. The fraction of sp³-hybridized carbons (Fsp3) is 0.348. The van der Waals surface area contributed by atoms with E-state index in [1.54, 1.807) is 6.07 Å². The first-order chi connectivity index (χ1) is 15.3. The molecule has 6 nitrogen and oxygen atoms in total. The Balaban J connectivity index is 2.07. The van der Waals surface area contributed by atoms with Crippen molar-refractivity contribution in [2.45, 2.75) is 18.4 Å². The number of likely N-dealkylation sites (tertiary alicyclic amines) is 1. The van der Waals surface area contributed by atoms with Crippen LogP contribution in [0.3, 0.4) is 0 Å². The van der Waals surface area contributed by atoms with Crippen molar-refractivity contribution in [1.29, 1.82) is 0 Å². The molecule has 0 saturated carbocycles. The quantitative estimate of drug-likeness (QED) is 0.532. The summed E-state index contributed by atoms with van der Waals surface area (Å²) in [6, 6.07) is 5.10. The molecule has 1 aliphatic rings. The molecule has 2 aromatic carbocycles. The standard InChI is InChI=1S/C23H22Cl2FNO5/c1-27-5-4-11(16(27)10-28)21-19(30-2)9-20(31-3)22-17(29)8-18(32-23(21)22)12-6-15(26)14(25)7-13(12)24/h6-9,11,16,28H,4-5,10H2,1-3H3/t11-,16+/m1/s1. The van der Waals surface area contributed by atoms with Crippen molar-refractivity contribution in [3.05, 3.63) is 55.9 Å². The molecule has 0 radical (unpaired) electrons. The summed E-state index contributed by atoms with van der Waals surface area (Å²) in [5.41, 5.74) is 0.730. The molecule has 2 atom stereocenters. The van der Waals surface area contributed by atoms with E-state index in [1.165, 1.54) is 26.4 Å². The van der Waals surface area contributed by atoms with Gasteiger partial charge in [0.25, 0.3) is 0 Å². The first-order valence-electron chi connectivity index (χ1n) is 9.99. The van der Waals surface area contributed by atoms with E-state index in [9.17, 15) is 14.3 Å². The molecule has 1 N–H and O–H groups in total. The van der Waals surface area contributed by atoms with Crippen LogP contribution in [-0.2, 0) is 0 Å². The van der Waals surface area contributed by atoms with Gasteiger partial charge >= 0.3 is 0 Å². The minimum Gasteiger partial charge on any atom is -0.496 e. The number of ether oxygens (including phenoxy) is 2. The second-order valence-electron chi connectivity index (χ2n) is 7.75. The fourth-order valence-electron chi connectivity index (χ4n) is 4.43. The summed E-state index contributed by atoms with van der Waals surface area (Å²) in [5.74, 6) is 0.00805. The van der Waals surface area contributed by atoms with Gasteiger partial charge in [0.05, 0.1) is 30.9 Å². The van der Waals surface area contributed by atoms with Gasteiger partial charge < -0.3 is 23.9 Å². The van der Waals surface area contributed by atoms with Crippen LogP contribution in [0, 0.1) is 5.82 Å². The van der Waals surface area contributed by atoms with E-state index in [0.29, 0.717) is 17.1 Å². The van der Waals surface area contributed by atoms with E-state index < -0.39 is 5.82 Å². The summed E-state index contributed by atoms with van der Waals surface area (Å²) >= 11 is 12.1. The lowest BCUT2D eigenvalue weighted by Gasteiger charge is -2.25. The van der Waals surface area contributed by atoms with Gasteiger partial charge in [0.15, 0.2) is 5.43 Å². The molecule has 32 heavy (non-hydrogen) atoms. The molecule has 0 aliphatic carbocycles. The average Bonchev–Trinajstić information content (AvgIpc) is 3.14. The number of methoxy groups -OCH3 is 2. The van der Waals surface area contributed by atoms with E-state index in [4.69, 9.17) is 37.1 Å². The zero-order chi connectivity index (χ0) is 23.2. The third-order valence-corrected chi connectivity index (χ3v) is 6.67. The molecule has 1 saturated heterocycles. The number of aliphatic hydroxyl groups is 1. The lowest BCUT2D eigenvalue weighted by atomic mass is 9.89. The van der Waals surface area contributed by atoms with Gasteiger partial charge in [-0.15, -0.1) is 0 Å². The SMILES string of the molecule is COc1cc(OC)c2c(=O)cc(-c3cc(F)c(Cl)cc3Cl)oc2c1[C@@H]1CCN(C)[C@H]1CO. The Hall–Kier alpha value is -2.32. The Labute approximate surface area is 194 Å². The number of nitrogens with zero attached hydrogens (tertiary/aromatic N) is 1. The van der Waals surface area contributed by atoms with Gasteiger partial charge in [-0.25, -0.2) is 4.39 Å². The molecule has 4 rings (SSSR count). The molecule has 170 valence electrons. The number of hydrogen-bond donors (Lipinski definition) is 1. The van der Waals surface area contributed by atoms with Crippen molar-refractivity contribution in [1.82, 2.24) is 4.90 Å². The van der Waals surface area contributed by atoms with E-state index in [1.807, 2.05) is 11.9 Å². The summed E-state index contributed by atoms with van der Waals surface area (Å²) in [6.07, 6.45) is 0.726. The highest BCUT2D eigenvalue weighted by Crippen LogP contribution is 2.45. The molecule has 0 spiro atoms. The highest BCUT2D eigenvalue weighted by Gasteiger charge is 2.37. The number of fused-ring (bicyclic) bond motifs is 1. The first kappa shape index (κ1) is 22.9. The second kappa shape index (κ2) is 8.90. The normalized spacial score (nSPS) is 19.0. The Morgan fingerprint density at radius 1 is 1.16 bits per heavy atom. The maximum absolute atomic E-state index is 14.2. The molecule has 1 fully saturated rings. The van der Waals surface area contributed by atoms with Gasteiger partial charge in [-0.05, 0) is 32.1 Å². The molecular weight excluding hydrogens is 460 g/mol. The fourth-order valence-corrected chi connectivity index (χ4v) is 4.91. The Morgan fingerprint density at radius 2 is 1.88 bits per heavy atom. The van der Waals surface area contributed by atoms with Crippen LogP contribution in [0.4, 0.5) is 4.39 Å². The Morgan fingerprint density at radius 3 is 2.53 bits per heavy atom. The van der Waals surface area contributed by atoms with Crippen LogP contribution < -0.4 is 14.9 Å². The number of likely N-dealkylation sites (N-methyl/N-ethyl adjacent to an activating group) is 1. The van der Waals surface area contributed by atoms with Crippen molar-refractivity contribution in [2.24, 2.45) is 0 Å². The van der Waals surface area contributed by atoms with Crippen LogP contribution in [0.5, 0.6) is 11.5 Å². The van der Waals surface area contributed by atoms with Crippen LogP contribution in [-0.4, -0.2) is 50.5 Å². The van der Waals surface area contributed by atoms with Gasteiger partial charge in [0, 0.05) is 35.2 Å². The average molecular weight is 482 g/mol. The minimum absolute atomic E-state index is 0.0734. The number of benzene rings is 2. The zero-order valence-corrected chi connectivity index (χ0v) is 19.3. The lowest BCUT2D eigenvalue weighted by Crippen LogP contribution is -2.32. The van der Waals surface area contributed by atoms with Crippen LogP contribution in [0.2, 0.25) is 10.0 Å². The van der Waals surface area contributed by atoms with Crippen LogP contribution >= 0.6 is 23.2 Å². The van der Waals surface area contributed by atoms with Gasteiger partial charge in [0.2, 0.25) is 0 Å². The van der Waals surface area contributed by atoms with Gasteiger partial charge in [0.1, 0.15) is 34.0 Å². The van der Waals surface area contributed by atoms with E-state index in [0.717, 1.165) is 19.0 Å². The number of rotatable bonds is 5. The molecular formula is C23H22Cl2FNO5. The van der Waals surface area contributed by atoms with Gasteiger partial charge in [-0.1, -0.05) is 23.2 Å². The van der Waals surface area contributed by atoms with Gasteiger partial charge in [-0.3, -0.25) is 4.79 Å². The van der Waals surface area contributed by atoms with E-state index >= 15 is 0 Å². The molecule has 9 heteroatoms. The molecule has 0 bridgehead atoms. The monoisotopic (exact) mass is 481 g/mol. The molecule has 2 heterocycles. The lowest BCUT2D eigenvalue weighted by molar-refractivity contribution is 0.171. The number of hydrogen-bond acceptors (Lipinski definition) is 6. The largest absolute Gasteiger partial charge is 0.496 e. The summed E-state index contributed by atoms with van der Waals surface area (Å²) in [5, 5.41) is 10.3. The van der Waals surface area contributed by atoms with E-state index in [2.05, 4.69) is 0 Å². The Kier molecular flexibility index (Phi) is 6.36. The van der Waals surface area contributed by atoms with Crippen molar-refractivity contribution in [3.63, 3.8) is 0 Å². The van der Waals surface area contributed by atoms with Crippen molar-refractivity contribution >= 4 is 34.2 Å². The summed E-state index contributed by atoms with van der Waals surface area (Å²) in [4.78, 5) is 15.2. The van der Waals surface area contributed by atoms with E-state index in [-0.39, 0.29) is 56.3 Å². The third-order valence-electron chi connectivity index (χ3n) is 6.06. The summed E-state index contributed by atoms with van der Waals surface area (Å²) < 4.78 is 31.5. The summed E-state index contributed by atoms with van der Waals surface area (Å²) in [6.45, 7) is 0.681. The maximum atomic E-state index is 14.2. The van der Waals surface area contributed by atoms with Crippen molar-refractivity contribution in [3.8, 4) is 22.8 Å². The van der Waals surface area contributed by atoms with Crippen molar-refractivity contribution in [2.75, 3.05) is 34.4 Å². The predicted octanol–water partition coefficient (Wildman–Crippen LogP) is 4.70. The molecule has 1 aliphatic heterocycles. The molecule has 0 amide bonds. The van der Waals surface area contributed by atoms with Crippen LogP contribution in [0.15, 0.2) is 33.5 Å². The predicted molar refractivity (Wildman–Crippen MR) is 122 cm³/mol. The van der Waals surface area contributed by atoms with Gasteiger partial charge in [-0.2, -0.15) is 0 Å². The molecule has 0 unspecified atom stereocenters. The molecule has 1 aromatic heterocycles. The van der Waals surface area contributed by atoms with Crippen LogP contribution in [0.25, 0.3) is 22.3 Å². The van der Waals surface area contributed by atoms with Crippen LogP contribution in [0.1, 0.15) is 17.9 Å². The zero-order valence-electron chi connectivity index (χ0n) is 17.7. The Bertz CT molecular complexity index is 1250. The number of halogens is 3. The smallest absolute Gasteiger partial charge is 0.197 e. The summed E-state index contributed by atoms with van der Waals surface area (Å²) in [7, 11) is 4.90. The molecule has 3 aromatic rings. The first-order valence-corrected chi connectivity index (χ1v) is 10.7. The highest BCUT2D eigenvalue weighted by atomic mass is 35.5. The highest BCUT2D eigenvalue weighted by molar-refractivity contribution is 6.36. The second-order valence-corrected chi connectivity index (χ2v) is 8.56. The van der Waals surface area contributed by atoms with Crippen molar-refractivity contribution < 1.29 is 23.4 Å². The number of aliphatic hydroxyl groups excluding tert-OH is 1. The topological polar surface area (TPSA) is 72.1 Å². The third kappa shape index (κ3) is 3.73. The minimum atomic E-state index is -0.685.